The van der Waals surface area contributed by atoms with Crippen molar-refractivity contribution in [2.75, 3.05) is 17.4 Å². The number of hydrazine groups is 1. The highest BCUT2D eigenvalue weighted by atomic mass is 15.3. The molecule has 0 aliphatic carbocycles. The van der Waals surface area contributed by atoms with Gasteiger partial charge in [0.25, 0.3) is 0 Å². The first kappa shape index (κ1) is 15.3. The zero-order chi connectivity index (χ0) is 15.6. The molecule has 0 aliphatic heterocycles. The van der Waals surface area contributed by atoms with Crippen LogP contribution in [0, 0.1) is 6.92 Å². The first-order valence-corrected chi connectivity index (χ1v) is 6.98. The minimum atomic E-state index is -0.144. The molecule has 0 saturated heterocycles. The molecule has 0 bridgehead atoms. The minimum Gasteiger partial charge on any atom is -0.329 e. The Morgan fingerprint density at radius 3 is 2.43 bits per heavy atom. The molecule has 1 aromatic carbocycles. The van der Waals surface area contributed by atoms with E-state index in [-0.39, 0.29) is 5.41 Å². The number of nitrogens with two attached hydrogens (primary N) is 1. The second kappa shape index (κ2) is 5.69. The highest BCUT2D eigenvalue weighted by Gasteiger charge is 2.20. The Bertz CT molecular complexity index is 631. The van der Waals surface area contributed by atoms with Gasteiger partial charge < -0.3 is 10.3 Å². The normalized spacial score (nSPS) is 11.3. The summed E-state index contributed by atoms with van der Waals surface area (Å²) in [7, 11) is 1.99. The SMILES string of the molecule is Cc1cccc(N(C)c2cc(NN)nc(C(C)(C)C)n2)c1. The Hall–Kier alpha value is -2.14. The summed E-state index contributed by atoms with van der Waals surface area (Å²) >= 11 is 0. The molecule has 21 heavy (non-hydrogen) atoms. The summed E-state index contributed by atoms with van der Waals surface area (Å²) in [6, 6.07) is 10.1. The summed E-state index contributed by atoms with van der Waals surface area (Å²) in [5.74, 6) is 7.72. The van der Waals surface area contributed by atoms with Gasteiger partial charge in [0.05, 0.1) is 0 Å². The summed E-state index contributed by atoms with van der Waals surface area (Å²) < 4.78 is 0. The van der Waals surface area contributed by atoms with E-state index < -0.39 is 0 Å². The molecule has 2 aromatic rings. The van der Waals surface area contributed by atoms with Gasteiger partial charge in [0.1, 0.15) is 17.5 Å². The van der Waals surface area contributed by atoms with Crippen LogP contribution >= 0.6 is 0 Å². The van der Waals surface area contributed by atoms with Crippen LogP contribution in [-0.2, 0) is 5.41 Å². The molecule has 0 radical (unpaired) electrons. The standard InChI is InChI=1S/C16H23N5/c1-11-7-6-8-12(9-11)21(5)14-10-13(20-17)18-15(19-14)16(2,3)4/h6-10H,17H2,1-5H3,(H,18,19,20). The zero-order valence-electron chi connectivity index (χ0n) is 13.3. The number of rotatable bonds is 3. The van der Waals surface area contributed by atoms with Crippen molar-refractivity contribution in [2.24, 2.45) is 5.84 Å². The van der Waals surface area contributed by atoms with Gasteiger partial charge in [-0.1, -0.05) is 32.9 Å². The van der Waals surface area contributed by atoms with Gasteiger partial charge in [-0.2, -0.15) is 0 Å². The van der Waals surface area contributed by atoms with Crippen LogP contribution in [0.4, 0.5) is 17.3 Å². The van der Waals surface area contributed by atoms with Gasteiger partial charge in [0.2, 0.25) is 0 Å². The van der Waals surface area contributed by atoms with Gasteiger partial charge in [-0.3, -0.25) is 0 Å². The number of nitrogens with one attached hydrogen (secondary N) is 1. The second-order valence-electron chi connectivity index (χ2n) is 6.23. The average Bonchev–Trinajstić information content (AvgIpc) is 2.45. The summed E-state index contributed by atoms with van der Waals surface area (Å²) in [4.78, 5) is 11.2. The molecule has 0 fully saturated rings. The van der Waals surface area contributed by atoms with Gasteiger partial charge in [0.15, 0.2) is 0 Å². The molecule has 5 nitrogen and oxygen atoms in total. The molecule has 112 valence electrons. The molecule has 1 heterocycles. The molecule has 0 spiro atoms. The lowest BCUT2D eigenvalue weighted by Gasteiger charge is -2.23. The van der Waals surface area contributed by atoms with Crippen LogP contribution in [0.25, 0.3) is 0 Å². The third-order valence-corrected chi connectivity index (χ3v) is 3.26. The van der Waals surface area contributed by atoms with E-state index in [1.165, 1.54) is 5.56 Å². The molecule has 0 saturated carbocycles. The van der Waals surface area contributed by atoms with Crippen molar-refractivity contribution in [3.05, 3.63) is 41.7 Å². The zero-order valence-corrected chi connectivity index (χ0v) is 13.3. The van der Waals surface area contributed by atoms with Crippen molar-refractivity contribution in [3.63, 3.8) is 0 Å². The van der Waals surface area contributed by atoms with Crippen molar-refractivity contribution < 1.29 is 0 Å². The number of aromatic nitrogens is 2. The van der Waals surface area contributed by atoms with Crippen LogP contribution in [0.3, 0.4) is 0 Å². The number of hydrogen-bond donors (Lipinski definition) is 2. The third kappa shape index (κ3) is 3.49. The molecule has 1 aromatic heterocycles. The maximum absolute atomic E-state index is 5.54. The molecule has 5 heteroatoms. The predicted octanol–water partition coefficient (Wildman–Crippen LogP) is 3.14. The largest absolute Gasteiger partial charge is 0.329 e. The smallest absolute Gasteiger partial charge is 0.145 e. The van der Waals surface area contributed by atoms with Crippen LogP contribution in [0.15, 0.2) is 30.3 Å². The average molecular weight is 285 g/mol. The summed E-state index contributed by atoms with van der Waals surface area (Å²) in [5.41, 5.74) is 4.77. The van der Waals surface area contributed by atoms with E-state index in [0.717, 1.165) is 17.3 Å². The molecular formula is C16H23N5. The van der Waals surface area contributed by atoms with Crippen molar-refractivity contribution in [1.29, 1.82) is 0 Å². The summed E-state index contributed by atoms with van der Waals surface area (Å²) in [6.45, 7) is 8.32. The molecule has 3 N–H and O–H groups in total. The number of aryl methyl sites for hydroxylation is 1. The maximum atomic E-state index is 5.54. The van der Waals surface area contributed by atoms with Gasteiger partial charge in [-0.25, -0.2) is 15.8 Å². The number of hydrogen-bond acceptors (Lipinski definition) is 5. The van der Waals surface area contributed by atoms with Crippen LogP contribution in [-0.4, -0.2) is 17.0 Å². The summed E-state index contributed by atoms with van der Waals surface area (Å²) in [5, 5.41) is 0. The van der Waals surface area contributed by atoms with Crippen LogP contribution in [0.2, 0.25) is 0 Å². The topological polar surface area (TPSA) is 67.1 Å². The first-order chi connectivity index (χ1) is 9.81. The van der Waals surface area contributed by atoms with Crippen molar-refractivity contribution >= 4 is 17.3 Å². The Labute approximate surface area is 126 Å². The van der Waals surface area contributed by atoms with E-state index in [2.05, 4.69) is 61.3 Å². The lowest BCUT2D eigenvalue weighted by molar-refractivity contribution is 0.546. The fraction of sp³-hybridized carbons (Fsp3) is 0.375. The minimum absolute atomic E-state index is 0.144. The van der Waals surface area contributed by atoms with E-state index in [0.29, 0.717) is 5.82 Å². The molecular weight excluding hydrogens is 262 g/mol. The molecule has 0 amide bonds. The van der Waals surface area contributed by atoms with Crippen LogP contribution in [0.5, 0.6) is 0 Å². The fourth-order valence-corrected chi connectivity index (χ4v) is 1.98. The van der Waals surface area contributed by atoms with Crippen molar-refractivity contribution in [1.82, 2.24) is 9.97 Å². The van der Waals surface area contributed by atoms with Crippen LogP contribution in [0.1, 0.15) is 32.2 Å². The number of benzene rings is 1. The third-order valence-electron chi connectivity index (χ3n) is 3.26. The fourth-order valence-electron chi connectivity index (χ4n) is 1.98. The first-order valence-electron chi connectivity index (χ1n) is 6.98. The number of anilines is 3. The monoisotopic (exact) mass is 285 g/mol. The lowest BCUT2D eigenvalue weighted by Crippen LogP contribution is -2.21. The van der Waals surface area contributed by atoms with E-state index in [9.17, 15) is 0 Å². The molecule has 0 atom stereocenters. The number of nitrogen functional groups attached to an aromatic ring is 1. The molecule has 0 aliphatic rings. The highest BCUT2D eigenvalue weighted by molar-refractivity contribution is 5.62. The Balaban J connectivity index is 2.47. The van der Waals surface area contributed by atoms with Crippen LogP contribution < -0.4 is 16.2 Å². The van der Waals surface area contributed by atoms with Gasteiger partial charge in [-0.05, 0) is 24.6 Å². The van der Waals surface area contributed by atoms with E-state index in [4.69, 9.17) is 5.84 Å². The Morgan fingerprint density at radius 2 is 1.86 bits per heavy atom. The van der Waals surface area contributed by atoms with Gasteiger partial charge >= 0.3 is 0 Å². The number of nitrogens with zero attached hydrogens (tertiary/aromatic N) is 3. The van der Waals surface area contributed by atoms with Gasteiger partial charge in [0, 0.05) is 24.2 Å². The highest BCUT2D eigenvalue weighted by Crippen LogP contribution is 2.27. The molecule has 0 unspecified atom stereocenters. The quantitative estimate of drug-likeness (QED) is 0.670. The Morgan fingerprint density at radius 1 is 1.14 bits per heavy atom. The Kier molecular flexibility index (Phi) is 4.14. The van der Waals surface area contributed by atoms with Gasteiger partial charge in [-0.15, -0.1) is 0 Å². The molecule has 2 rings (SSSR count). The van der Waals surface area contributed by atoms with Crippen molar-refractivity contribution in [3.8, 4) is 0 Å². The predicted molar refractivity (Wildman–Crippen MR) is 87.8 cm³/mol. The van der Waals surface area contributed by atoms with Crippen molar-refractivity contribution in [2.45, 2.75) is 33.1 Å². The van der Waals surface area contributed by atoms with E-state index in [1.54, 1.807) is 0 Å². The second-order valence-corrected chi connectivity index (χ2v) is 6.23. The lowest BCUT2D eigenvalue weighted by atomic mass is 9.96. The maximum Gasteiger partial charge on any atom is 0.145 e. The summed E-state index contributed by atoms with van der Waals surface area (Å²) in [6.07, 6.45) is 0. The van der Waals surface area contributed by atoms with E-state index >= 15 is 0 Å². The van der Waals surface area contributed by atoms with E-state index in [1.807, 2.05) is 24.1 Å².